The lowest BCUT2D eigenvalue weighted by Gasteiger charge is -2.22. The average molecular weight is 337 g/mol. The van der Waals surface area contributed by atoms with Gasteiger partial charge < -0.3 is 10.1 Å². The van der Waals surface area contributed by atoms with E-state index in [0.717, 1.165) is 30.6 Å². The van der Waals surface area contributed by atoms with E-state index in [1.165, 1.54) is 24.0 Å². The van der Waals surface area contributed by atoms with Gasteiger partial charge in [-0.2, -0.15) is 0 Å². The summed E-state index contributed by atoms with van der Waals surface area (Å²) in [6, 6.07) is 16.3. The zero-order chi connectivity index (χ0) is 17.6. The van der Waals surface area contributed by atoms with Crippen molar-refractivity contribution in [3.05, 3.63) is 65.2 Å². The molecule has 1 aliphatic carbocycles. The van der Waals surface area contributed by atoms with Gasteiger partial charge in [0.1, 0.15) is 5.75 Å². The summed E-state index contributed by atoms with van der Waals surface area (Å²) in [6.07, 6.45) is 5.10. The maximum Gasteiger partial charge on any atom is 0.261 e. The van der Waals surface area contributed by atoms with E-state index in [2.05, 4.69) is 24.4 Å². The molecule has 1 aliphatic rings. The first-order valence-corrected chi connectivity index (χ1v) is 9.31. The van der Waals surface area contributed by atoms with Crippen LogP contribution in [0.5, 0.6) is 5.75 Å². The van der Waals surface area contributed by atoms with Crippen LogP contribution in [0.15, 0.2) is 48.5 Å². The Morgan fingerprint density at radius 3 is 2.52 bits per heavy atom. The summed E-state index contributed by atoms with van der Waals surface area (Å²) >= 11 is 0. The smallest absolute Gasteiger partial charge is 0.261 e. The molecule has 0 aromatic heterocycles. The lowest BCUT2D eigenvalue weighted by Crippen LogP contribution is -2.38. The highest BCUT2D eigenvalue weighted by molar-refractivity contribution is 5.81. The predicted molar refractivity (Wildman–Crippen MR) is 101 cm³/mol. The Hall–Kier alpha value is -2.29. The molecule has 0 bridgehead atoms. The number of aryl methyl sites for hydroxylation is 2. The number of ether oxygens (including phenoxy) is 1. The maximum atomic E-state index is 12.5. The van der Waals surface area contributed by atoms with E-state index in [1.54, 1.807) is 0 Å². The van der Waals surface area contributed by atoms with Gasteiger partial charge in [0.05, 0.1) is 6.04 Å². The fraction of sp³-hybridized carbons (Fsp3) is 0.409. The van der Waals surface area contributed by atoms with Crippen LogP contribution in [0, 0.1) is 0 Å². The summed E-state index contributed by atoms with van der Waals surface area (Å²) < 4.78 is 5.91. The molecule has 0 saturated carbocycles. The molecule has 2 aromatic rings. The van der Waals surface area contributed by atoms with Crippen LogP contribution in [0.25, 0.3) is 0 Å². The van der Waals surface area contributed by atoms with Crippen LogP contribution in [0.2, 0.25) is 0 Å². The van der Waals surface area contributed by atoms with Crippen molar-refractivity contribution >= 4 is 5.91 Å². The van der Waals surface area contributed by atoms with Gasteiger partial charge in [0.15, 0.2) is 6.10 Å². The van der Waals surface area contributed by atoms with Crippen LogP contribution in [0.1, 0.15) is 55.8 Å². The van der Waals surface area contributed by atoms with Gasteiger partial charge in [-0.05, 0) is 67.9 Å². The van der Waals surface area contributed by atoms with E-state index in [-0.39, 0.29) is 11.9 Å². The SMILES string of the molecule is CCC(NC(=O)C(C)Oc1ccc2c(c1)CCCC2)c1ccccc1. The maximum absolute atomic E-state index is 12.5. The molecule has 0 heterocycles. The topological polar surface area (TPSA) is 38.3 Å². The molecule has 3 nitrogen and oxygen atoms in total. The highest BCUT2D eigenvalue weighted by atomic mass is 16.5. The van der Waals surface area contributed by atoms with Crippen molar-refractivity contribution in [3.63, 3.8) is 0 Å². The molecule has 2 atom stereocenters. The molecule has 0 radical (unpaired) electrons. The minimum Gasteiger partial charge on any atom is -0.481 e. The molecule has 3 heteroatoms. The zero-order valence-electron chi connectivity index (χ0n) is 15.1. The summed E-state index contributed by atoms with van der Waals surface area (Å²) in [5, 5.41) is 3.10. The Morgan fingerprint density at radius 2 is 1.80 bits per heavy atom. The Morgan fingerprint density at radius 1 is 1.08 bits per heavy atom. The monoisotopic (exact) mass is 337 g/mol. The fourth-order valence-electron chi connectivity index (χ4n) is 3.44. The lowest BCUT2D eigenvalue weighted by molar-refractivity contribution is -0.128. The van der Waals surface area contributed by atoms with Gasteiger partial charge >= 0.3 is 0 Å². The van der Waals surface area contributed by atoms with Crippen molar-refractivity contribution in [2.24, 2.45) is 0 Å². The van der Waals surface area contributed by atoms with Crippen LogP contribution >= 0.6 is 0 Å². The molecular formula is C22H27NO2. The highest BCUT2D eigenvalue weighted by Crippen LogP contribution is 2.26. The van der Waals surface area contributed by atoms with Crippen molar-refractivity contribution in [1.82, 2.24) is 5.32 Å². The number of nitrogens with one attached hydrogen (secondary N) is 1. The van der Waals surface area contributed by atoms with Crippen molar-refractivity contribution in [3.8, 4) is 5.75 Å². The van der Waals surface area contributed by atoms with Gasteiger partial charge in [-0.25, -0.2) is 0 Å². The van der Waals surface area contributed by atoms with Crippen molar-refractivity contribution < 1.29 is 9.53 Å². The number of benzene rings is 2. The molecule has 0 saturated heterocycles. The van der Waals surface area contributed by atoms with E-state index in [9.17, 15) is 4.79 Å². The van der Waals surface area contributed by atoms with Gasteiger partial charge in [-0.15, -0.1) is 0 Å². The number of fused-ring (bicyclic) bond motifs is 1. The van der Waals surface area contributed by atoms with Crippen LogP contribution in [0.4, 0.5) is 0 Å². The van der Waals surface area contributed by atoms with Crippen LogP contribution < -0.4 is 10.1 Å². The number of rotatable bonds is 6. The molecule has 3 rings (SSSR count). The van der Waals surface area contributed by atoms with Crippen LogP contribution in [0.3, 0.4) is 0 Å². The number of hydrogen-bond acceptors (Lipinski definition) is 2. The van der Waals surface area contributed by atoms with E-state index in [0.29, 0.717) is 0 Å². The number of carbonyl (C=O) groups is 1. The third-order valence-electron chi connectivity index (χ3n) is 4.93. The summed E-state index contributed by atoms with van der Waals surface area (Å²) in [5.41, 5.74) is 3.91. The summed E-state index contributed by atoms with van der Waals surface area (Å²) in [4.78, 5) is 12.5. The molecule has 1 amide bonds. The largest absolute Gasteiger partial charge is 0.481 e. The predicted octanol–water partition coefficient (Wildman–Crippen LogP) is 4.60. The lowest BCUT2D eigenvalue weighted by atomic mass is 9.92. The molecular weight excluding hydrogens is 310 g/mol. The second kappa shape index (κ2) is 8.19. The first-order valence-electron chi connectivity index (χ1n) is 9.31. The van der Waals surface area contributed by atoms with E-state index in [1.807, 2.05) is 43.3 Å². The van der Waals surface area contributed by atoms with Gasteiger partial charge in [-0.1, -0.05) is 43.3 Å². The van der Waals surface area contributed by atoms with Crippen molar-refractivity contribution in [2.45, 2.75) is 58.1 Å². The van der Waals surface area contributed by atoms with Crippen LogP contribution in [-0.4, -0.2) is 12.0 Å². The first-order chi connectivity index (χ1) is 12.2. The number of amides is 1. The molecule has 25 heavy (non-hydrogen) atoms. The minimum atomic E-state index is -0.514. The molecule has 0 spiro atoms. The summed E-state index contributed by atoms with van der Waals surface area (Å²) in [5.74, 6) is 0.712. The Labute approximate surface area is 150 Å². The van der Waals surface area contributed by atoms with E-state index >= 15 is 0 Å². The Kier molecular flexibility index (Phi) is 5.75. The van der Waals surface area contributed by atoms with Gasteiger partial charge in [-0.3, -0.25) is 4.79 Å². The molecule has 1 N–H and O–H groups in total. The third-order valence-corrected chi connectivity index (χ3v) is 4.93. The van der Waals surface area contributed by atoms with Crippen molar-refractivity contribution in [1.29, 1.82) is 0 Å². The Bertz CT molecular complexity index is 711. The number of carbonyl (C=O) groups excluding carboxylic acids is 1. The molecule has 2 unspecified atom stereocenters. The quantitative estimate of drug-likeness (QED) is 0.836. The summed E-state index contributed by atoms with van der Waals surface area (Å²) in [7, 11) is 0. The van der Waals surface area contributed by atoms with E-state index in [4.69, 9.17) is 4.74 Å². The molecule has 2 aromatic carbocycles. The minimum absolute atomic E-state index is 0.0169. The fourth-order valence-corrected chi connectivity index (χ4v) is 3.44. The normalized spacial score (nSPS) is 15.8. The second-order valence-corrected chi connectivity index (χ2v) is 6.78. The molecule has 0 fully saturated rings. The van der Waals surface area contributed by atoms with E-state index < -0.39 is 6.10 Å². The molecule has 0 aliphatic heterocycles. The third kappa shape index (κ3) is 4.41. The van der Waals surface area contributed by atoms with Crippen LogP contribution in [-0.2, 0) is 17.6 Å². The van der Waals surface area contributed by atoms with Crippen molar-refractivity contribution in [2.75, 3.05) is 0 Å². The van der Waals surface area contributed by atoms with Gasteiger partial charge in [0, 0.05) is 0 Å². The standard InChI is InChI=1S/C22H27NO2/c1-3-21(18-10-5-4-6-11-18)23-22(24)16(2)25-20-14-13-17-9-7-8-12-19(17)15-20/h4-6,10-11,13-16,21H,3,7-9,12H2,1-2H3,(H,23,24). The second-order valence-electron chi connectivity index (χ2n) is 6.78. The highest BCUT2D eigenvalue weighted by Gasteiger charge is 2.20. The van der Waals surface area contributed by atoms with Gasteiger partial charge in [0.2, 0.25) is 0 Å². The first kappa shape index (κ1) is 17.5. The molecule has 132 valence electrons. The Balaban J connectivity index is 1.62. The average Bonchev–Trinajstić information content (AvgIpc) is 2.66. The number of hydrogen-bond donors (Lipinski definition) is 1. The van der Waals surface area contributed by atoms with Gasteiger partial charge in [0.25, 0.3) is 5.91 Å². The summed E-state index contributed by atoms with van der Waals surface area (Å²) in [6.45, 7) is 3.89. The zero-order valence-corrected chi connectivity index (χ0v) is 15.1.